The van der Waals surface area contributed by atoms with Gasteiger partial charge in [-0.25, -0.2) is 4.79 Å². The van der Waals surface area contributed by atoms with Crippen molar-refractivity contribution in [3.8, 4) is 17.2 Å². The molecule has 1 heterocycles. The summed E-state index contributed by atoms with van der Waals surface area (Å²) in [7, 11) is 4.44. The second-order valence-electron chi connectivity index (χ2n) is 5.66. The van der Waals surface area contributed by atoms with Gasteiger partial charge in [0, 0.05) is 5.56 Å². The molecule has 0 atom stereocenters. The molecule has 2 aromatic carbocycles. The van der Waals surface area contributed by atoms with E-state index in [0.29, 0.717) is 28.4 Å². The largest absolute Gasteiger partial charge is 0.733 e. The molecular weight excluding hydrogens is 368 g/mol. The third-order valence-electron chi connectivity index (χ3n) is 4.04. The van der Waals surface area contributed by atoms with Crippen molar-refractivity contribution in [3.63, 3.8) is 0 Å². The molecule has 9 heteroatoms. The molecule has 1 aliphatic heterocycles. The van der Waals surface area contributed by atoms with Crippen LogP contribution in [0.25, 0.3) is 6.08 Å². The topological polar surface area (TPSA) is 113 Å². The predicted octanol–water partition coefficient (Wildman–Crippen LogP) is 2.75. The van der Waals surface area contributed by atoms with Crippen LogP contribution < -0.4 is 19.4 Å². The maximum Gasteiger partial charge on any atom is 0.368 e. The highest BCUT2D eigenvalue weighted by Crippen LogP contribution is 2.39. The Balaban J connectivity index is 2.07. The van der Waals surface area contributed by atoms with E-state index in [9.17, 15) is 10.0 Å². The maximum absolute atomic E-state index is 12.2. The lowest BCUT2D eigenvalue weighted by molar-refractivity contribution is -0.136. The van der Waals surface area contributed by atoms with Crippen LogP contribution in [0.4, 0.5) is 5.69 Å². The number of oxime groups is 1. The first-order valence-corrected chi connectivity index (χ1v) is 8.06. The minimum Gasteiger partial charge on any atom is -0.733 e. The van der Waals surface area contributed by atoms with Gasteiger partial charge in [-0.2, -0.15) is 0 Å². The fourth-order valence-corrected chi connectivity index (χ4v) is 2.74. The first-order chi connectivity index (χ1) is 13.5. The van der Waals surface area contributed by atoms with Crippen LogP contribution in [0.3, 0.4) is 0 Å². The van der Waals surface area contributed by atoms with E-state index in [0.717, 1.165) is 0 Å². The molecule has 0 aliphatic carbocycles. The van der Waals surface area contributed by atoms with Crippen LogP contribution in [0.5, 0.6) is 17.2 Å². The number of hydrogen-bond donors (Lipinski definition) is 1. The number of ether oxygens (including phenoxy) is 3. The summed E-state index contributed by atoms with van der Waals surface area (Å²) < 4.78 is 16.0. The molecule has 1 N–H and O–H groups in total. The predicted molar refractivity (Wildman–Crippen MR) is 101 cm³/mol. The average Bonchev–Trinajstić information content (AvgIpc) is 3.07. The van der Waals surface area contributed by atoms with Gasteiger partial charge in [0.25, 0.3) is 0 Å². The van der Waals surface area contributed by atoms with Gasteiger partial charge in [0.2, 0.25) is 5.75 Å². The van der Waals surface area contributed by atoms with Crippen LogP contribution in [0.15, 0.2) is 47.1 Å². The lowest BCUT2D eigenvalue weighted by atomic mass is 9.99. The summed E-state index contributed by atoms with van der Waals surface area (Å²) in [6.45, 7) is 0. The molecular formula is C19H17N2O7-. The van der Waals surface area contributed by atoms with E-state index >= 15 is 0 Å². The highest BCUT2D eigenvalue weighted by Gasteiger charge is 2.28. The van der Waals surface area contributed by atoms with E-state index in [2.05, 4.69) is 5.16 Å². The van der Waals surface area contributed by atoms with Crippen molar-refractivity contribution in [3.05, 3.63) is 58.3 Å². The van der Waals surface area contributed by atoms with Crippen molar-refractivity contribution < 1.29 is 29.0 Å². The van der Waals surface area contributed by atoms with Crippen LogP contribution in [0.2, 0.25) is 0 Å². The summed E-state index contributed by atoms with van der Waals surface area (Å²) in [4.78, 5) is 17.0. The van der Waals surface area contributed by atoms with Gasteiger partial charge >= 0.3 is 5.97 Å². The molecule has 146 valence electrons. The van der Waals surface area contributed by atoms with Gasteiger partial charge in [-0.05, 0) is 35.9 Å². The van der Waals surface area contributed by atoms with Gasteiger partial charge in [0.1, 0.15) is 5.71 Å². The number of hydrogen-bond acceptors (Lipinski definition) is 9. The molecule has 0 radical (unpaired) electrons. The number of methoxy groups -OCH3 is 3. The van der Waals surface area contributed by atoms with Crippen molar-refractivity contribution in [2.24, 2.45) is 5.16 Å². The summed E-state index contributed by atoms with van der Waals surface area (Å²) in [5.74, 6) is 0.526. The SMILES string of the molecule is COc1cc(C2=NOC(=O)C2=Cc2cccc(N([O-])O)c2)cc(OC)c1OC. The summed E-state index contributed by atoms with van der Waals surface area (Å²) in [6.07, 6.45) is 1.50. The molecule has 0 spiro atoms. The maximum atomic E-state index is 12.2. The monoisotopic (exact) mass is 385 g/mol. The Morgan fingerprint density at radius 3 is 2.36 bits per heavy atom. The van der Waals surface area contributed by atoms with E-state index in [1.807, 2.05) is 0 Å². The van der Waals surface area contributed by atoms with Crippen molar-refractivity contribution in [2.45, 2.75) is 0 Å². The molecule has 0 aromatic heterocycles. The van der Waals surface area contributed by atoms with Gasteiger partial charge in [-0.3, -0.25) is 5.21 Å². The lowest BCUT2D eigenvalue weighted by Gasteiger charge is -2.21. The third kappa shape index (κ3) is 3.61. The summed E-state index contributed by atoms with van der Waals surface area (Å²) in [5.41, 5.74) is 1.46. The number of carbonyl (C=O) groups is 1. The van der Waals surface area contributed by atoms with Crippen LogP contribution in [0.1, 0.15) is 11.1 Å². The number of benzene rings is 2. The fourth-order valence-electron chi connectivity index (χ4n) is 2.74. The first-order valence-electron chi connectivity index (χ1n) is 8.06. The molecule has 0 bridgehead atoms. The molecule has 2 aromatic rings. The zero-order chi connectivity index (χ0) is 20.3. The Morgan fingerprint density at radius 1 is 1.11 bits per heavy atom. The standard InChI is InChI=1S/C19H17N2O7/c1-25-15-9-12(10-16(26-2)18(15)27-3)17-14(19(22)28-20-17)8-11-5-4-6-13(7-11)21(23)24/h4-10,23H,1-3H3/q-1. The van der Waals surface area contributed by atoms with Gasteiger partial charge in [0.15, 0.2) is 11.5 Å². The van der Waals surface area contributed by atoms with Crippen molar-refractivity contribution >= 4 is 23.4 Å². The van der Waals surface area contributed by atoms with Crippen molar-refractivity contribution in [2.75, 3.05) is 26.6 Å². The zero-order valence-corrected chi connectivity index (χ0v) is 15.3. The highest BCUT2D eigenvalue weighted by molar-refractivity contribution is 6.31. The number of anilines is 1. The molecule has 3 rings (SSSR count). The smallest absolute Gasteiger partial charge is 0.368 e. The zero-order valence-electron chi connectivity index (χ0n) is 15.3. The van der Waals surface area contributed by atoms with Gasteiger partial charge < -0.3 is 29.5 Å². The molecule has 28 heavy (non-hydrogen) atoms. The summed E-state index contributed by atoms with van der Waals surface area (Å²) in [5, 5.41) is 23.7. The molecule has 0 amide bonds. The molecule has 0 saturated heterocycles. The molecule has 0 unspecified atom stereocenters. The van der Waals surface area contributed by atoms with Gasteiger partial charge in [0.05, 0.1) is 32.6 Å². The molecule has 9 nitrogen and oxygen atoms in total. The summed E-state index contributed by atoms with van der Waals surface area (Å²) >= 11 is 0. The van der Waals surface area contributed by atoms with Crippen LogP contribution >= 0.6 is 0 Å². The van der Waals surface area contributed by atoms with Crippen molar-refractivity contribution in [1.29, 1.82) is 0 Å². The summed E-state index contributed by atoms with van der Waals surface area (Å²) in [6, 6.07) is 9.35. The molecule has 0 saturated carbocycles. The first kappa shape index (κ1) is 19.2. The number of carbonyl (C=O) groups excluding carboxylic acids is 1. The minimum absolute atomic E-state index is 0.0204. The van der Waals surface area contributed by atoms with Crippen LogP contribution in [-0.4, -0.2) is 38.2 Å². The minimum atomic E-state index is -0.655. The Kier molecular flexibility index (Phi) is 5.48. The third-order valence-corrected chi connectivity index (χ3v) is 4.04. The Labute approximate surface area is 160 Å². The number of rotatable bonds is 6. The average molecular weight is 385 g/mol. The van der Waals surface area contributed by atoms with E-state index < -0.39 is 5.97 Å². The van der Waals surface area contributed by atoms with Gasteiger partial charge in [-0.1, -0.05) is 17.3 Å². The lowest BCUT2D eigenvalue weighted by Crippen LogP contribution is -2.09. The Bertz CT molecular complexity index is 941. The van der Waals surface area contributed by atoms with E-state index in [4.69, 9.17) is 24.3 Å². The quantitative estimate of drug-likeness (QED) is 0.459. The van der Waals surface area contributed by atoms with Crippen LogP contribution in [0, 0.1) is 5.21 Å². The van der Waals surface area contributed by atoms with Crippen LogP contribution in [-0.2, 0) is 9.63 Å². The van der Waals surface area contributed by atoms with Crippen molar-refractivity contribution in [1.82, 2.24) is 0 Å². The Morgan fingerprint density at radius 2 is 1.79 bits per heavy atom. The fraction of sp³-hybridized carbons (Fsp3) is 0.158. The normalized spacial score (nSPS) is 14.5. The van der Waals surface area contributed by atoms with E-state index in [1.165, 1.54) is 39.5 Å². The Hall–Kier alpha value is -3.56. The molecule has 1 aliphatic rings. The second-order valence-corrected chi connectivity index (χ2v) is 5.66. The van der Waals surface area contributed by atoms with E-state index in [1.54, 1.807) is 24.3 Å². The highest BCUT2D eigenvalue weighted by atomic mass is 16.8. The van der Waals surface area contributed by atoms with E-state index in [-0.39, 0.29) is 22.2 Å². The number of nitrogens with zero attached hydrogens (tertiary/aromatic N) is 2. The van der Waals surface area contributed by atoms with Gasteiger partial charge in [-0.15, -0.1) is 0 Å². The second kappa shape index (κ2) is 7.99. The molecule has 0 fully saturated rings.